The zero-order valence-corrected chi connectivity index (χ0v) is 6.78. The first-order valence-electron chi connectivity index (χ1n) is 3.96. The summed E-state index contributed by atoms with van der Waals surface area (Å²) < 4.78 is 12.7. The van der Waals surface area contributed by atoms with Crippen LogP contribution in [0.1, 0.15) is 21.1 Å². The van der Waals surface area contributed by atoms with Crippen LogP contribution in [0.15, 0.2) is 0 Å². The predicted molar refractivity (Wildman–Crippen MR) is 42.0 cm³/mol. The van der Waals surface area contributed by atoms with Gasteiger partial charge in [0.1, 0.15) is 0 Å². The maximum atomic E-state index is 7.36. The highest BCUT2D eigenvalue weighted by Gasteiger charge is 2.25. The summed E-state index contributed by atoms with van der Waals surface area (Å²) in [6.45, 7) is 1.86. The van der Waals surface area contributed by atoms with Crippen LogP contribution in [0.3, 0.4) is 0 Å². The molecule has 0 aliphatic carbocycles. The Bertz CT molecular complexity index is 97.8. The minimum atomic E-state index is -0.262. The Labute approximate surface area is 62.6 Å². The van der Waals surface area contributed by atoms with E-state index < -0.39 is 0 Å². The van der Waals surface area contributed by atoms with E-state index in [1.165, 1.54) is 0 Å². The largest absolute Gasteiger partial charge is 0.377 e. The summed E-state index contributed by atoms with van der Waals surface area (Å²) in [6.07, 6.45) is 4.37. The monoisotopic (exact) mass is 148 g/mol. The van der Waals surface area contributed by atoms with Crippen molar-refractivity contribution in [2.24, 2.45) is 0 Å². The normalized spacial score (nSPS) is 45.1. The molecule has 2 heteroatoms. The SMILES string of the molecule is [3H]C1CC(SC)[C@@H](CC)O1. The van der Waals surface area contributed by atoms with E-state index in [1.807, 2.05) is 11.8 Å². The van der Waals surface area contributed by atoms with Gasteiger partial charge in [-0.15, -0.1) is 0 Å². The van der Waals surface area contributed by atoms with Crippen LogP contribution < -0.4 is 0 Å². The standard InChI is InChI=1S/C7H14OS/c1-3-6-7(9-2)4-5-8-6/h6-7H,3-5H2,1-2H3/t6-,7?/m1/s1/i5T/t5?,6-,7?. The first-order valence-corrected chi connectivity index (χ1v) is 4.67. The van der Waals surface area contributed by atoms with Crippen molar-refractivity contribution in [2.75, 3.05) is 12.8 Å². The van der Waals surface area contributed by atoms with Crippen LogP contribution in [0.2, 0.25) is 0 Å². The van der Waals surface area contributed by atoms with E-state index in [-0.39, 0.29) is 6.58 Å². The highest BCUT2D eigenvalue weighted by Crippen LogP contribution is 2.25. The number of ether oxygens (including phenoxy) is 1. The zero-order chi connectivity index (χ0) is 7.56. The van der Waals surface area contributed by atoms with Crippen molar-refractivity contribution in [1.82, 2.24) is 0 Å². The lowest BCUT2D eigenvalue weighted by atomic mass is 10.2. The Balaban J connectivity index is 2.41. The molecule has 1 aliphatic heterocycles. The van der Waals surface area contributed by atoms with Crippen molar-refractivity contribution in [3.8, 4) is 0 Å². The molecule has 2 unspecified atom stereocenters. The maximum absolute atomic E-state index is 7.36. The van der Waals surface area contributed by atoms with Crippen LogP contribution in [-0.4, -0.2) is 24.2 Å². The van der Waals surface area contributed by atoms with Gasteiger partial charge in [-0.25, -0.2) is 0 Å². The molecular weight excluding hydrogens is 132 g/mol. The molecule has 0 aromatic heterocycles. The second-order valence-corrected chi connectivity index (χ2v) is 3.34. The van der Waals surface area contributed by atoms with Crippen LogP contribution in [0.5, 0.6) is 0 Å². The summed E-state index contributed by atoms with van der Waals surface area (Å²) in [4.78, 5) is 0. The quantitative estimate of drug-likeness (QED) is 0.591. The Hall–Kier alpha value is 0.310. The van der Waals surface area contributed by atoms with E-state index in [9.17, 15) is 0 Å². The van der Waals surface area contributed by atoms with E-state index in [0.29, 0.717) is 11.4 Å². The van der Waals surface area contributed by atoms with Gasteiger partial charge in [-0.3, -0.25) is 0 Å². The van der Waals surface area contributed by atoms with Crippen LogP contribution >= 0.6 is 11.8 Å². The molecule has 0 amide bonds. The second kappa shape index (κ2) is 3.47. The smallest absolute Gasteiger partial charge is 0.0691 e. The van der Waals surface area contributed by atoms with Crippen molar-refractivity contribution in [2.45, 2.75) is 31.1 Å². The second-order valence-electron chi connectivity index (χ2n) is 2.26. The lowest BCUT2D eigenvalue weighted by Gasteiger charge is -2.12. The van der Waals surface area contributed by atoms with Gasteiger partial charge in [-0.1, -0.05) is 6.92 Å². The van der Waals surface area contributed by atoms with E-state index >= 15 is 0 Å². The highest BCUT2D eigenvalue weighted by atomic mass is 32.2. The fraction of sp³-hybridized carbons (Fsp3) is 1.00. The minimum Gasteiger partial charge on any atom is -0.377 e. The maximum Gasteiger partial charge on any atom is 0.0691 e. The van der Waals surface area contributed by atoms with Gasteiger partial charge < -0.3 is 4.74 Å². The Morgan fingerprint density at radius 1 is 1.89 bits per heavy atom. The van der Waals surface area contributed by atoms with Gasteiger partial charge in [0, 0.05) is 11.8 Å². The van der Waals surface area contributed by atoms with Gasteiger partial charge in [-0.2, -0.15) is 11.8 Å². The number of rotatable bonds is 2. The van der Waals surface area contributed by atoms with Crippen LogP contribution in [0, 0.1) is 0 Å². The lowest BCUT2D eigenvalue weighted by molar-refractivity contribution is 0.110. The lowest BCUT2D eigenvalue weighted by Crippen LogP contribution is -2.15. The summed E-state index contributed by atoms with van der Waals surface area (Å²) in [5.74, 6) is 0. The van der Waals surface area contributed by atoms with Crippen LogP contribution in [-0.2, 0) is 4.74 Å². The van der Waals surface area contributed by atoms with E-state index in [2.05, 4.69) is 13.2 Å². The molecule has 0 saturated carbocycles. The third-order valence-corrected chi connectivity index (χ3v) is 2.82. The van der Waals surface area contributed by atoms with Gasteiger partial charge in [0.2, 0.25) is 0 Å². The average molecular weight is 148 g/mol. The third-order valence-electron chi connectivity index (χ3n) is 1.72. The summed E-state index contributed by atoms with van der Waals surface area (Å²) in [5, 5.41) is 0.562. The molecule has 9 heavy (non-hydrogen) atoms. The predicted octanol–water partition coefficient (Wildman–Crippen LogP) is 1.92. The fourth-order valence-corrected chi connectivity index (χ4v) is 1.95. The molecule has 54 valence electrons. The topological polar surface area (TPSA) is 9.23 Å². The molecule has 0 spiro atoms. The van der Waals surface area contributed by atoms with Gasteiger partial charge in [0.05, 0.1) is 7.47 Å². The van der Waals surface area contributed by atoms with Crippen molar-refractivity contribution in [3.63, 3.8) is 0 Å². The van der Waals surface area contributed by atoms with E-state index in [1.54, 1.807) is 0 Å². The molecule has 1 nitrogen and oxygen atoms in total. The molecule has 0 bridgehead atoms. The zero-order valence-electron chi connectivity index (χ0n) is 6.96. The average Bonchev–Trinajstić information content (AvgIpc) is 2.30. The number of thioether (sulfide) groups is 1. The molecule has 1 fully saturated rings. The Morgan fingerprint density at radius 3 is 3.11 bits per heavy atom. The molecule has 1 heterocycles. The van der Waals surface area contributed by atoms with Crippen molar-refractivity contribution < 1.29 is 6.11 Å². The van der Waals surface area contributed by atoms with E-state index in [4.69, 9.17) is 6.11 Å². The van der Waals surface area contributed by atoms with Gasteiger partial charge in [0.15, 0.2) is 0 Å². The molecule has 0 aromatic rings. The van der Waals surface area contributed by atoms with Gasteiger partial charge >= 0.3 is 0 Å². The fourth-order valence-electron chi connectivity index (χ4n) is 1.12. The molecule has 0 radical (unpaired) electrons. The van der Waals surface area contributed by atoms with E-state index in [0.717, 1.165) is 12.8 Å². The third kappa shape index (κ3) is 1.62. The number of hydrogen-bond donors (Lipinski definition) is 0. The minimum absolute atomic E-state index is 0.262. The first-order chi connectivity index (χ1) is 4.77. The van der Waals surface area contributed by atoms with Crippen molar-refractivity contribution in [3.05, 3.63) is 0 Å². The molecule has 0 N–H and O–H groups in total. The molecule has 1 saturated heterocycles. The van der Waals surface area contributed by atoms with Crippen molar-refractivity contribution >= 4 is 11.8 Å². The summed E-state index contributed by atoms with van der Waals surface area (Å²) in [5.41, 5.74) is 0. The molecule has 0 aromatic carbocycles. The highest BCUT2D eigenvalue weighted by molar-refractivity contribution is 7.99. The van der Waals surface area contributed by atoms with Crippen LogP contribution in [0.4, 0.5) is 0 Å². The molecule has 1 rings (SSSR count). The number of hydrogen-bond acceptors (Lipinski definition) is 2. The van der Waals surface area contributed by atoms with Gasteiger partial charge in [-0.05, 0) is 19.1 Å². The van der Waals surface area contributed by atoms with Gasteiger partial charge in [0.25, 0.3) is 0 Å². The Kier molecular flexibility index (Phi) is 2.33. The Morgan fingerprint density at radius 2 is 2.67 bits per heavy atom. The molecule has 1 aliphatic rings. The van der Waals surface area contributed by atoms with Crippen LogP contribution in [0.25, 0.3) is 0 Å². The molecule has 3 atom stereocenters. The summed E-state index contributed by atoms with van der Waals surface area (Å²) in [7, 11) is 0. The summed E-state index contributed by atoms with van der Waals surface area (Å²) >= 11 is 1.82. The van der Waals surface area contributed by atoms with Crippen molar-refractivity contribution in [1.29, 1.82) is 0 Å². The first kappa shape index (κ1) is 6.05. The summed E-state index contributed by atoms with van der Waals surface area (Å²) in [6, 6.07) is 0. The molecular formula is C7H14OS.